The van der Waals surface area contributed by atoms with E-state index in [0.29, 0.717) is 30.7 Å². The third-order valence-electron chi connectivity index (χ3n) is 7.62. The number of hydrogen-bond acceptors (Lipinski definition) is 3. The van der Waals surface area contributed by atoms with E-state index in [1.165, 1.54) is 25.9 Å². The number of rotatable bonds is 6. The molecule has 160 valence electrons. The van der Waals surface area contributed by atoms with Crippen molar-refractivity contribution in [3.05, 3.63) is 0 Å². The van der Waals surface area contributed by atoms with Crippen molar-refractivity contribution in [2.45, 2.75) is 72.3 Å². The number of nitrogens with zero attached hydrogens (tertiary/aromatic N) is 3. The Morgan fingerprint density at radius 1 is 0.750 bits per heavy atom. The van der Waals surface area contributed by atoms with Crippen molar-refractivity contribution in [2.75, 3.05) is 39.3 Å². The van der Waals surface area contributed by atoms with Gasteiger partial charge in [0, 0.05) is 45.1 Å². The minimum atomic E-state index is 0.175. The predicted octanol–water partition coefficient (Wildman–Crippen LogP) is 3.24. The minimum absolute atomic E-state index is 0.175. The molecule has 3 aliphatic heterocycles. The smallest absolute Gasteiger partial charge is 0.223 e. The van der Waals surface area contributed by atoms with E-state index < -0.39 is 0 Å². The molecule has 0 radical (unpaired) electrons. The highest BCUT2D eigenvalue weighted by molar-refractivity contribution is 5.84. The Kier molecular flexibility index (Phi) is 7.41. The second-order valence-corrected chi connectivity index (χ2v) is 9.99. The van der Waals surface area contributed by atoms with Gasteiger partial charge in [0.25, 0.3) is 0 Å². The van der Waals surface area contributed by atoms with Gasteiger partial charge in [0.1, 0.15) is 0 Å². The van der Waals surface area contributed by atoms with Crippen molar-refractivity contribution in [1.29, 1.82) is 0 Å². The molecule has 3 fully saturated rings. The van der Waals surface area contributed by atoms with Crippen LogP contribution in [0.3, 0.4) is 0 Å². The van der Waals surface area contributed by atoms with E-state index in [1.54, 1.807) is 0 Å². The first kappa shape index (κ1) is 21.6. The SMILES string of the molecule is CC(C)C1CCN(C(=O)CCC(=O)N2CC(C3CCN(C(C)C)CC3)C2)CC1. The van der Waals surface area contributed by atoms with Crippen LogP contribution in [-0.2, 0) is 9.59 Å². The summed E-state index contributed by atoms with van der Waals surface area (Å²) in [5.74, 6) is 3.27. The summed E-state index contributed by atoms with van der Waals surface area (Å²) >= 11 is 0. The summed E-state index contributed by atoms with van der Waals surface area (Å²) < 4.78 is 0. The maximum atomic E-state index is 12.5. The first-order chi connectivity index (χ1) is 13.3. The Morgan fingerprint density at radius 2 is 1.29 bits per heavy atom. The summed E-state index contributed by atoms with van der Waals surface area (Å²) in [5.41, 5.74) is 0. The second-order valence-electron chi connectivity index (χ2n) is 9.99. The van der Waals surface area contributed by atoms with E-state index in [0.717, 1.165) is 50.9 Å². The normalized spacial score (nSPS) is 23.5. The maximum absolute atomic E-state index is 12.5. The predicted molar refractivity (Wildman–Crippen MR) is 113 cm³/mol. The Morgan fingerprint density at radius 3 is 1.79 bits per heavy atom. The van der Waals surface area contributed by atoms with E-state index in [9.17, 15) is 9.59 Å². The molecule has 2 amide bonds. The van der Waals surface area contributed by atoms with Gasteiger partial charge in [0.2, 0.25) is 11.8 Å². The van der Waals surface area contributed by atoms with Gasteiger partial charge in [-0.3, -0.25) is 9.59 Å². The van der Waals surface area contributed by atoms with Gasteiger partial charge >= 0.3 is 0 Å². The number of amides is 2. The number of hydrogen-bond donors (Lipinski definition) is 0. The van der Waals surface area contributed by atoms with Crippen molar-refractivity contribution >= 4 is 11.8 Å². The van der Waals surface area contributed by atoms with Gasteiger partial charge in [-0.15, -0.1) is 0 Å². The summed E-state index contributed by atoms with van der Waals surface area (Å²) in [6.07, 6.45) is 5.55. The molecular formula is C23H41N3O2. The molecule has 0 atom stereocenters. The lowest BCUT2D eigenvalue weighted by molar-refractivity contribution is -0.143. The van der Waals surface area contributed by atoms with E-state index in [4.69, 9.17) is 0 Å². The highest BCUT2D eigenvalue weighted by Crippen LogP contribution is 2.32. The fourth-order valence-electron chi connectivity index (χ4n) is 5.27. The molecule has 3 saturated heterocycles. The van der Waals surface area contributed by atoms with Gasteiger partial charge in [-0.05, 0) is 76.3 Å². The summed E-state index contributed by atoms with van der Waals surface area (Å²) in [7, 11) is 0. The molecule has 3 rings (SSSR count). The lowest BCUT2D eigenvalue weighted by atomic mass is 9.79. The van der Waals surface area contributed by atoms with E-state index in [-0.39, 0.29) is 11.8 Å². The van der Waals surface area contributed by atoms with Crippen LogP contribution in [0, 0.1) is 23.7 Å². The van der Waals surface area contributed by atoms with Crippen LogP contribution in [0.1, 0.15) is 66.2 Å². The van der Waals surface area contributed by atoms with Crippen LogP contribution in [0.25, 0.3) is 0 Å². The zero-order chi connectivity index (χ0) is 20.3. The van der Waals surface area contributed by atoms with Crippen LogP contribution < -0.4 is 0 Å². The van der Waals surface area contributed by atoms with Gasteiger partial charge in [0.15, 0.2) is 0 Å². The first-order valence-corrected chi connectivity index (χ1v) is 11.6. The van der Waals surface area contributed by atoms with Crippen molar-refractivity contribution in [3.8, 4) is 0 Å². The molecule has 0 N–H and O–H groups in total. The van der Waals surface area contributed by atoms with Crippen LogP contribution in [0.2, 0.25) is 0 Å². The van der Waals surface area contributed by atoms with Gasteiger partial charge in [-0.1, -0.05) is 13.8 Å². The fourth-order valence-corrected chi connectivity index (χ4v) is 5.27. The topological polar surface area (TPSA) is 43.9 Å². The fraction of sp³-hybridized carbons (Fsp3) is 0.913. The van der Waals surface area contributed by atoms with E-state index >= 15 is 0 Å². The third-order valence-corrected chi connectivity index (χ3v) is 7.62. The summed E-state index contributed by atoms with van der Waals surface area (Å²) in [6, 6.07) is 0.647. The van der Waals surface area contributed by atoms with Crippen LogP contribution >= 0.6 is 0 Å². The van der Waals surface area contributed by atoms with Crippen LogP contribution in [-0.4, -0.2) is 71.8 Å². The standard InChI is InChI=1S/C23H41N3O2/c1-17(2)19-7-13-25(14-8-19)22(27)5-6-23(28)26-15-21(16-26)20-9-11-24(12-10-20)18(3)4/h17-21H,5-16H2,1-4H3. The van der Waals surface area contributed by atoms with Crippen molar-refractivity contribution < 1.29 is 9.59 Å². The van der Waals surface area contributed by atoms with Crippen molar-refractivity contribution in [1.82, 2.24) is 14.7 Å². The Balaban J connectivity index is 1.31. The number of piperidine rings is 2. The van der Waals surface area contributed by atoms with Gasteiger partial charge < -0.3 is 14.7 Å². The van der Waals surface area contributed by atoms with E-state index in [2.05, 4.69) is 32.6 Å². The summed E-state index contributed by atoms with van der Waals surface area (Å²) in [4.78, 5) is 31.5. The second kappa shape index (κ2) is 9.60. The van der Waals surface area contributed by atoms with Crippen LogP contribution in [0.4, 0.5) is 0 Å². The molecule has 5 heteroatoms. The minimum Gasteiger partial charge on any atom is -0.343 e. The molecular weight excluding hydrogens is 350 g/mol. The van der Waals surface area contributed by atoms with Crippen LogP contribution in [0.15, 0.2) is 0 Å². The van der Waals surface area contributed by atoms with Gasteiger partial charge in [0.05, 0.1) is 0 Å². The Labute approximate surface area is 171 Å². The Hall–Kier alpha value is -1.10. The summed E-state index contributed by atoms with van der Waals surface area (Å²) in [6.45, 7) is 15.1. The largest absolute Gasteiger partial charge is 0.343 e. The molecule has 0 aromatic heterocycles. The van der Waals surface area contributed by atoms with Crippen LogP contribution in [0.5, 0.6) is 0 Å². The molecule has 28 heavy (non-hydrogen) atoms. The average molecular weight is 392 g/mol. The molecule has 5 nitrogen and oxygen atoms in total. The molecule has 0 unspecified atom stereocenters. The lowest BCUT2D eigenvalue weighted by Crippen LogP contribution is -2.54. The number of carbonyl (C=O) groups is 2. The monoisotopic (exact) mass is 391 g/mol. The van der Waals surface area contributed by atoms with Gasteiger partial charge in [-0.25, -0.2) is 0 Å². The average Bonchev–Trinajstić information content (AvgIpc) is 2.65. The maximum Gasteiger partial charge on any atom is 0.223 e. The van der Waals surface area contributed by atoms with Crippen molar-refractivity contribution in [2.24, 2.45) is 23.7 Å². The number of likely N-dealkylation sites (tertiary alicyclic amines) is 3. The lowest BCUT2D eigenvalue weighted by Gasteiger charge is -2.46. The Bertz CT molecular complexity index is 526. The molecule has 0 spiro atoms. The number of carbonyl (C=O) groups excluding carboxylic acids is 2. The third kappa shape index (κ3) is 5.28. The molecule has 3 aliphatic rings. The molecule has 0 aromatic carbocycles. The van der Waals surface area contributed by atoms with Gasteiger partial charge in [-0.2, -0.15) is 0 Å². The first-order valence-electron chi connectivity index (χ1n) is 11.6. The highest BCUT2D eigenvalue weighted by atomic mass is 16.2. The quantitative estimate of drug-likeness (QED) is 0.698. The zero-order valence-electron chi connectivity index (χ0n) is 18.5. The van der Waals surface area contributed by atoms with Crippen molar-refractivity contribution in [3.63, 3.8) is 0 Å². The molecule has 0 aliphatic carbocycles. The summed E-state index contributed by atoms with van der Waals surface area (Å²) in [5, 5.41) is 0. The molecule has 0 bridgehead atoms. The van der Waals surface area contributed by atoms with E-state index in [1.807, 2.05) is 9.80 Å². The highest BCUT2D eigenvalue weighted by Gasteiger charge is 2.37. The molecule has 0 aromatic rings. The molecule has 3 heterocycles. The zero-order valence-corrected chi connectivity index (χ0v) is 18.5. The molecule has 0 saturated carbocycles.